The number of amides is 3. The largest absolute Gasteiger partial charge is 0.466 e. The van der Waals surface area contributed by atoms with Crippen LogP contribution < -0.4 is 5.32 Å². The van der Waals surface area contributed by atoms with E-state index >= 15 is 0 Å². The minimum atomic E-state index is -1.34. The molecular weight excluding hydrogens is 829 g/mol. The lowest BCUT2D eigenvalue weighted by Gasteiger charge is -2.32. The van der Waals surface area contributed by atoms with Gasteiger partial charge in [0.25, 0.3) is 11.8 Å². The number of hydrogen-bond acceptors (Lipinski definition) is 8. The van der Waals surface area contributed by atoms with Crippen molar-refractivity contribution in [2.45, 2.75) is 69.4 Å². The van der Waals surface area contributed by atoms with Gasteiger partial charge in [0.2, 0.25) is 11.8 Å². The molecule has 11 heteroatoms. The summed E-state index contributed by atoms with van der Waals surface area (Å²) in [6.07, 6.45) is 0.175. The Labute approximate surface area is 382 Å². The van der Waals surface area contributed by atoms with Gasteiger partial charge in [0.15, 0.2) is 23.2 Å². The van der Waals surface area contributed by atoms with E-state index in [9.17, 15) is 28.8 Å². The molecule has 0 saturated heterocycles. The standard InChI is InChI=1S/C55H46N4O7/c60-43-26-27-47(49(62)29-43)59-33-46-41(15-9-17-45(46)53(59)64)28-48(61)39-24-22-38(23-25-39)37-20-18-36(19-21-37)31-56-50(63)34-58-32-42-14-7-8-16-44(42)51-55(54(58)65,30-35-10-3-1-4-11-35)57-52(66-51)40-12-5-2-6-13-40/h1-25,47,51H,26-34H2,(H,56,63)/t47?,51-,55-/m0/s1. The van der Waals surface area contributed by atoms with Gasteiger partial charge in [-0.3, -0.25) is 28.8 Å². The Hall–Kier alpha value is -7.79. The zero-order chi connectivity index (χ0) is 45.4. The molecule has 0 bridgehead atoms. The van der Waals surface area contributed by atoms with Crippen LogP contribution in [0.2, 0.25) is 0 Å². The molecule has 1 N–H and O–H groups in total. The van der Waals surface area contributed by atoms with Crippen molar-refractivity contribution < 1.29 is 33.5 Å². The Kier molecular flexibility index (Phi) is 11.3. The fourth-order valence-electron chi connectivity index (χ4n) is 9.79. The van der Waals surface area contributed by atoms with E-state index < -0.39 is 17.7 Å². The number of nitrogens with zero attached hydrogens (tertiary/aromatic N) is 3. The summed E-state index contributed by atoms with van der Waals surface area (Å²) in [4.78, 5) is 88.3. The maximum Gasteiger partial charge on any atom is 0.256 e. The molecule has 3 aliphatic heterocycles. The molecule has 11 nitrogen and oxygen atoms in total. The minimum Gasteiger partial charge on any atom is -0.466 e. The Morgan fingerprint density at radius 3 is 2.15 bits per heavy atom. The first-order valence-corrected chi connectivity index (χ1v) is 22.3. The van der Waals surface area contributed by atoms with Gasteiger partial charge < -0.3 is 19.9 Å². The first kappa shape index (κ1) is 42.2. The van der Waals surface area contributed by atoms with Crippen LogP contribution in [-0.4, -0.2) is 68.9 Å². The molecule has 4 aliphatic rings. The molecule has 328 valence electrons. The number of carbonyl (C=O) groups excluding carboxylic acids is 6. The number of ether oxygens (including phenoxy) is 1. The highest BCUT2D eigenvalue weighted by Crippen LogP contribution is 2.46. The average molecular weight is 875 g/mol. The molecule has 0 radical (unpaired) electrons. The monoisotopic (exact) mass is 874 g/mol. The van der Waals surface area contributed by atoms with Crippen molar-refractivity contribution in [3.63, 3.8) is 0 Å². The quantitative estimate of drug-likeness (QED) is 0.0987. The highest BCUT2D eigenvalue weighted by Gasteiger charge is 2.57. The normalized spacial score (nSPS) is 19.9. The van der Waals surface area contributed by atoms with Crippen LogP contribution in [0.25, 0.3) is 11.1 Å². The maximum absolute atomic E-state index is 15.0. The Morgan fingerprint density at radius 2 is 1.41 bits per heavy atom. The number of aliphatic imine (C=N–C) groups is 1. The van der Waals surface area contributed by atoms with E-state index in [0.29, 0.717) is 29.9 Å². The number of ketones is 3. The van der Waals surface area contributed by atoms with Crippen molar-refractivity contribution in [1.82, 2.24) is 15.1 Å². The summed E-state index contributed by atoms with van der Waals surface area (Å²) in [6, 6.07) is 47.1. The smallest absolute Gasteiger partial charge is 0.256 e. The summed E-state index contributed by atoms with van der Waals surface area (Å²) < 4.78 is 6.64. The van der Waals surface area contributed by atoms with Gasteiger partial charge in [0.05, 0.1) is 19.0 Å². The number of rotatable bonds is 12. The average Bonchev–Trinajstić information content (AvgIpc) is 3.87. The number of carbonyl (C=O) groups is 6. The van der Waals surface area contributed by atoms with Gasteiger partial charge in [0.1, 0.15) is 5.78 Å². The third-order valence-electron chi connectivity index (χ3n) is 13.2. The van der Waals surface area contributed by atoms with Gasteiger partial charge in [-0.05, 0) is 63.6 Å². The topological polar surface area (TPSA) is 143 Å². The fraction of sp³-hybridized carbons (Fsp3) is 0.218. The third kappa shape index (κ3) is 8.13. The lowest BCUT2D eigenvalue weighted by Crippen LogP contribution is -2.52. The molecule has 3 heterocycles. The van der Waals surface area contributed by atoms with Crippen molar-refractivity contribution in [3.05, 3.63) is 202 Å². The maximum atomic E-state index is 15.0. The van der Waals surface area contributed by atoms with E-state index in [4.69, 9.17) is 9.73 Å². The summed E-state index contributed by atoms with van der Waals surface area (Å²) >= 11 is 0. The Balaban J connectivity index is 0.794. The second-order valence-electron chi connectivity index (χ2n) is 17.5. The molecule has 66 heavy (non-hydrogen) atoms. The van der Waals surface area contributed by atoms with Crippen LogP contribution in [0.15, 0.2) is 157 Å². The molecular formula is C55H46N4O7. The second-order valence-corrected chi connectivity index (χ2v) is 17.5. The SMILES string of the molecule is O=C1CCC(N2Cc3c(CC(=O)c4ccc(-c5ccc(CNC(=O)CN6Cc7ccccc7[C@@H]7OC(c8ccccc8)=N[C@]7(Cc7ccccc7)C6=O)cc5)cc4)cccc3C2=O)C(=O)C1. The van der Waals surface area contributed by atoms with E-state index in [1.807, 2.05) is 127 Å². The van der Waals surface area contributed by atoms with Crippen LogP contribution >= 0.6 is 0 Å². The summed E-state index contributed by atoms with van der Waals surface area (Å²) in [6.45, 7) is 0.567. The highest BCUT2D eigenvalue weighted by atomic mass is 16.5. The van der Waals surface area contributed by atoms with Crippen molar-refractivity contribution in [2.75, 3.05) is 6.54 Å². The minimum absolute atomic E-state index is 0.0928. The third-order valence-corrected chi connectivity index (χ3v) is 13.2. The summed E-state index contributed by atoms with van der Waals surface area (Å²) in [5.74, 6) is -0.824. The van der Waals surface area contributed by atoms with Crippen LogP contribution in [0.4, 0.5) is 0 Å². The van der Waals surface area contributed by atoms with Gasteiger partial charge in [0, 0.05) is 61.2 Å². The lowest BCUT2D eigenvalue weighted by molar-refractivity contribution is -0.143. The molecule has 3 amide bonds. The zero-order valence-electron chi connectivity index (χ0n) is 36.2. The molecule has 0 spiro atoms. The summed E-state index contributed by atoms with van der Waals surface area (Å²) in [5.41, 5.74) is 7.41. The van der Waals surface area contributed by atoms with Crippen molar-refractivity contribution in [2.24, 2.45) is 4.99 Å². The van der Waals surface area contributed by atoms with Crippen molar-refractivity contribution in [3.8, 4) is 11.1 Å². The number of nitrogens with one attached hydrogen (secondary N) is 1. The predicted octanol–water partition coefficient (Wildman–Crippen LogP) is 7.58. The highest BCUT2D eigenvalue weighted by molar-refractivity contribution is 6.08. The van der Waals surface area contributed by atoms with Crippen LogP contribution in [0.3, 0.4) is 0 Å². The molecule has 1 saturated carbocycles. The van der Waals surface area contributed by atoms with E-state index in [2.05, 4.69) is 5.32 Å². The second kappa shape index (κ2) is 17.6. The first-order valence-electron chi connectivity index (χ1n) is 22.3. The van der Waals surface area contributed by atoms with Crippen LogP contribution in [0, 0.1) is 0 Å². The lowest BCUT2D eigenvalue weighted by atomic mass is 9.81. The van der Waals surface area contributed by atoms with Gasteiger partial charge in [-0.25, -0.2) is 4.99 Å². The predicted molar refractivity (Wildman–Crippen MR) is 247 cm³/mol. The van der Waals surface area contributed by atoms with E-state index in [1.165, 1.54) is 0 Å². The molecule has 6 aromatic rings. The number of benzene rings is 6. The fourth-order valence-corrected chi connectivity index (χ4v) is 9.79. The summed E-state index contributed by atoms with van der Waals surface area (Å²) in [5, 5.41) is 3.02. The molecule has 3 atom stereocenters. The van der Waals surface area contributed by atoms with Gasteiger partial charge >= 0.3 is 0 Å². The van der Waals surface area contributed by atoms with Crippen molar-refractivity contribution in [1.29, 1.82) is 0 Å². The summed E-state index contributed by atoms with van der Waals surface area (Å²) in [7, 11) is 0. The Morgan fingerprint density at radius 1 is 0.712 bits per heavy atom. The van der Waals surface area contributed by atoms with E-state index in [-0.39, 0.29) is 80.5 Å². The first-order chi connectivity index (χ1) is 32.1. The van der Waals surface area contributed by atoms with Crippen molar-refractivity contribution >= 4 is 41.0 Å². The number of hydrogen-bond donors (Lipinski definition) is 1. The molecule has 6 aromatic carbocycles. The molecule has 1 aliphatic carbocycles. The molecule has 1 unspecified atom stereocenters. The Bertz CT molecular complexity index is 2930. The van der Waals surface area contributed by atoms with E-state index in [1.54, 1.807) is 34.1 Å². The number of Topliss-reactive ketones (excluding diaryl/α,β-unsaturated/α-hetero) is 3. The van der Waals surface area contributed by atoms with Gasteiger partial charge in [-0.2, -0.15) is 0 Å². The molecule has 0 aromatic heterocycles. The molecule has 10 rings (SSSR count). The molecule has 1 fully saturated rings. The van der Waals surface area contributed by atoms with Gasteiger partial charge in [-0.15, -0.1) is 0 Å². The van der Waals surface area contributed by atoms with E-state index in [0.717, 1.165) is 50.1 Å². The van der Waals surface area contributed by atoms with Crippen LogP contribution in [0.5, 0.6) is 0 Å². The zero-order valence-corrected chi connectivity index (χ0v) is 36.2. The van der Waals surface area contributed by atoms with Crippen LogP contribution in [-0.2, 0) is 56.4 Å². The van der Waals surface area contributed by atoms with Gasteiger partial charge in [-0.1, -0.05) is 133 Å². The number of fused-ring (bicyclic) bond motifs is 4. The van der Waals surface area contributed by atoms with Crippen LogP contribution in [0.1, 0.15) is 85.0 Å².